The van der Waals surface area contributed by atoms with Crippen LogP contribution in [0.3, 0.4) is 0 Å². The van der Waals surface area contributed by atoms with Crippen molar-refractivity contribution in [3.05, 3.63) is 35.4 Å². The third-order valence-corrected chi connectivity index (χ3v) is 3.34. The zero-order valence-corrected chi connectivity index (χ0v) is 10.1. The lowest BCUT2D eigenvalue weighted by molar-refractivity contribution is 0.733. The third-order valence-electron chi connectivity index (χ3n) is 2.56. The summed E-state index contributed by atoms with van der Waals surface area (Å²) in [6.07, 6.45) is 1.17. The van der Waals surface area contributed by atoms with Crippen LogP contribution in [0.2, 0.25) is 0 Å². The van der Waals surface area contributed by atoms with Crippen molar-refractivity contribution in [3.63, 3.8) is 0 Å². The van der Waals surface area contributed by atoms with Crippen LogP contribution in [0.25, 0.3) is 0 Å². The second-order valence-electron chi connectivity index (χ2n) is 3.70. The van der Waals surface area contributed by atoms with Crippen LogP contribution in [0.5, 0.6) is 0 Å². The van der Waals surface area contributed by atoms with Gasteiger partial charge in [-0.05, 0) is 23.5 Å². The Kier molecular flexibility index (Phi) is 4.69. The molecule has 3 N–H and O–H groups in total. The van der Waals surface area contributed by atoms with E-state index in [2.05, 4.69) is 38.1 Å². The first-order chi connectivity index (χ1) is 7.13. The summed E-state index contributed by atoms with van der Waals surface area (Å²) >= 11 is 1.37. The lowest BCUT2D eigenvalue weighted by Crippen LogP contribution is -2.03. The highest BCUT2D eigenvalue weighted by Crippen LogP contribution is 2.20. The lowest BCUT2D eigenvalue weighted by atomic mass is 9.98. The molecule has 82 valence electrons. The van der Waals surface area contributed by atoms with Crippen molar-refractivity contribution in [2.24, 2.45) is 5.73 Å². The molecule has 0 bridgehead atoms. The van der Waals surface area contributed by atoms with Gasteiger partial charge in [0.2, 0.25) is 0 Å². The highest BCUT2D eigenvalue weighted by Gasteiger charge is 2.02. The van der Waals surface area contributed by atoms with Gasteiger partial charge in [-0.3, -0.25) is 5.41 Å². The molecule has 15 heavy (non-hydrogen) atoms. The molecule has 0 saturated heterocycles. The molecule has 0 amide bonds. The molecule has 0 aliphatic rings. The molecule has 0 aliphatic heterocycles. The second kappa shape index (κ2) is 5.81. The zero-order chi connectivity index (χ0) is 11.3. The van der Waals surface area contributed by atoms with Gasteiger partial charge in [0, 0.05) is 5.75 Å². The van der Waals surface area contributed by atoms with Gasteiger partial charge in [-0.15, -0.1) is 0 Å². The predicted molar refractivity (Wildman–Crippen MR) is 68.4 cm³/mol. The first-order valence-corrected chi connectivity index (χ1v) is 6.17. The van der Waals surface area contributed by atoms with Gasteiger partial charge in [0.05, 0.1) is 0 Å². The van der Waals surface area contributed by atoms with Gasteiger partial charge < -0.3 is 5.73 Å². The third kappa shape index (κ3) is 3.96. The van der Waals surface area contributed by atoms with Gasteiger partial charge in [-0.1, -0.05) is 49.9 Å². The first kappa shape index (κ1) is 12.1. The molecule has 0 radical (unpaired) electrons. The summed E-state index contributed by atoms with van der Waals surface area (Å²) in [6.45, 7) is 4.43. The van der Waals surface area contributed by atoms with Crippen molar-refractivity contribution in [1.29, 1.82) is 5.41 Å². The van der Waals surface area contributed by atoms with Crippen molar-refractivity contribution >= 4 is 16.9 Å². The maximum Gasteiger partial charge on any atom is 0.151 e. The summed E-state index contributed by atoms with van der Waals surface area (Å²) in [6, 6.07) is 8.59. The van der Waals surface area contributed by atoms with Gasteiger partial charge in [0.15, 0.2) is 5.17 Å². The smallest absolute Gasteiger partial charge is 0.151 e. The van der Waals surface area contributed by atoms with Gasteiger partial charge in [-0.2, -0.15) is 0 Å². The van der Waals surface area contributed by atoms with Crippen LogP contribution in [0.1, 0.15) is 37.3 Å². The number of amidine groups is 1. The number of rotatable bonds is 4. The molecule has 0 fully saturated rings. The quantitative estimate of drug-likeness (QED) is 0.606. The minimum atomic E-state index is 0.181. The van der Waals surface area contributed by atoms with E-state index in [4.69, 9.17) is 11.1 Å². The number of benzene rings is 1. The fourth-order valence-corrected chi connectivity index (χ4v) is 1.85. The maximum atomic E-state index is 7.12. The molecule has 0 saturated carbocycles. The van der Waals surface area contributed by atoms with Crippen LogP contribution in [-0.2, 0) is 5.75 Å². The molecule has 0 aromatic heterocycles. The largest absolute Gasteiger partial charge is 0.379 e. The van der Waals surface area contributed by atoms with E-state index >= 15 is 0 Å². The molecule has 0 heterocycles. The number of hydrogen-bond donors (Lipinski definition) is 2. The topological polar surface area (TPSA) is 49.9 Å². The van der Waals surface area contributed by atoms with Gasteiger partial charge in [0.1, 0.15) is 0 Å². The fourth-order valence-electron chi connectivity index (χ4n) is 1.34. The Labute approximate surface area is 95.8 Å². The monoisotopic (exact) mass is 222 g/mol. The summed E-state index contributed by atoms with van der Waals surface area (Å²) in [5, 5.41) is 7.31. The van der Waals surface area contributed by atoms with Crippen molar-refractivity contribution in [2.75, 3.05) is 0 Å². The molecular formula is C12H18N2S. The van der Waals surface area contributed by atoms with Gasteiger partial charge in [0.25, 0.3) is 0 Å². The Morgan fingerprint density at radius 2 is 2.00 bits per heavy atom. The van der Waals surface area contributed by atoms with E-state index in [0.29, 0.717) is 5.92 Å². The molecule has 0 aliphatic carbocycles. The molecule has 1 rings (SSSR count). The summed E-state index contributed by atoms with van der Waals surface area (Å²) in [5.41, 5.74) is 7.89. The Bertz CT molecular complexity index is 319. The van der Waals surface area contributed by atoms with E-state index in [0.717, 1.165) is 5.75 Å². The molecule has 3 heteroatoms. The molecule has 2 nitrogen and oxygen atoms in total. The second-order valence-corrected chi connectivity index (χ2v) is 4.72. The van der Waals surface area contributed by atoms with E-state index in [1.54, 1.807) is 0 Å². The molecule has 1 aromatic carbocycles. The average Bonchev–Trinajstić information content (AvgIpc) is 2.26. The van der Waals surface area contributed by atoms with Crippen LogP contribution in [-0.4, -0.2) is 5.17 Å². The number of hydrogen-bond acceptors (Lipinski definition) is 2. The summed E-state index contributed by atoms with van der Waals surface area (Å²) in [4.78, 5) is 0. The van der Waals surface area contributed by atoms with Gasteiger partial charge in [-0.25, -0.2) is 0 Å². The molecular weight excluding hydrogens is 204 g/mol. The lowest BCUT2D eigenvalue weighted by Gasteiger charge is -2.09. The van der Waals surface area contributed by atoms with E-state index in [9.17, 15) is 0 Å². The Morgan fingerprint density at radius 1 is 1.40 bits per heavy atom. The van der Waals surface area contributed by atoms with Crippen LogP contribution in [0.15, 0.2) is 24.3 Å². The fraction of sp³-hybridized carbons (Fsp3) is 0.417. The average molecular weight is 222 g/mol. The SMILES string of the molecule is CCC(C)c1ccc(CSC(=N)N)cc1. The van der Waals surface area contributed by atoms with Crippen LogP contribution in [0.4, 0.5) is 0 Å². The Hall–Kier alpha value is -0.960. The van der Waals surface area contributed by atoms with Gasteiger partial charge >= 0.3 is 0 Å². The minimum Gasteiger partial charge on any atom is -0.379 e. The molecule has 1 aromatic rings. The highest BCUT2D eigenvalue weighted by atomic mass is 32.2. The first-order valence-electron chi connectivity index (χ1n) is 5.19. The predicted octanol–water partition coefficient (Wildman–Crippen LogP) is 3.33. The van der Waals surface area contributed by atoms with E-state index in [-0.39, 0.29) is 5.17 Å². The maximum absolute atomic E-state index is 7.12. The molecule has 0 spiro atoms. The minimum absolute atomic E-state index is 0.181. The summed E-state index contributed by atoms with van der Waals surface area (Å²) in [7, 11) is 0. The van der Waals surface area contributed by atoms with E-state index < -0.39 is 0 Å². The Morgan fingerprint density at radius 3 is 2.47 bits per heavy atom. The van der Waals surface area contributed by atoms with Crippen LogP contribution in [0, 0.1) is 5.41 Å². The Balaban J connectivity index is 2.60. The van der Waals surface area contributed by atoms with Crippen LogP contribution < -0.4 is 5.73 Å². The molecule has 1 atom stereocenters. The van der Waals surface area contributed by atoms with Crippen molar-refractivity contribution in [1.82, 2.24) is 0 Å². The van der Waals surface area contributed by atoms with Crippen molar-refractivity contribution in [3.8, 4) is 0 Å². The normalized spacial score (nSPS) is 12.4. The van der Waals surface area contributed by atoms with Crippen molar-refractivity contribution < 1.29 is 0 Å². The van der Waals surface area contributed by atoms with E-state index in [1.807, 2.05) is 0 Å². The van der Waals surface area contributed by atoms with Crippen LogP contribution >= 0.6 is 11.8 Å². The number of thioether (sulfide) groups is 1. The number of nitrogens with one attached hydrogen (secondary N) is 1. The van der Waals surface area contributed by atoms with E-state index in [1.165, 1.54) is 29.3 Å². The zero-order valence-electron chi connectivity index (χ0n) is 9.29. The number of nitrogens with two attached hydrogens (primary N) is 1. The van der Waals surface area contributed by atoms with Crippen molar-refractivity contribution in [2.45, 2.75) is 31.9 Å². The highest BCUT2D eigenvalue weighted by molar-refractivity contribution is 8.13. The molecule has 1 unspecified atom stereocenters. The standard InChI is InChI=1S/C12H18N2S/c1-3-9(2)11-6-4-10(5-7-11)8-15-12(13)14/h4-7,9H,3,8H2,1-2H3,(H3,13,14). The summed E-state index contributed by atoms with van der Waals surface area (Å²) in [5.74, 6) is 1.41. The summed E-state index contributed by atoms with van der Waals surface area (Å²) < 4.78 is 0.